The molecule has 4 nitrogen and oxygen atoms in total. The molecule has 5 heteroatoms. The first-order chi connectivity index (χ1) is 6.22. The number of hydrogen-bond acceptors (Lipinski definition) is 4. The molecule has 0 bridgehead atoms. The zero-order valence-corrected chi connectivity index (χ0v) is 8.55. The maximum Gasteiger partial charge on any atom is 0.332 e. The predicted molar refractivity (Wildman–Crippen MR) is 52.1 cm³/mol. The maximum absolute atomic E-state index is 10.6. The highest BCUT2D eigenvalue weighted by atomic mass is 32.2. The van der Waals surface area contributed by atoms with Crippen molar-refractivity contribution in [2.45, 2.75) is 18.9 Å². The van der Waals surface area contributed by atoms with Gasteiger partial charge in [-0.1, -0.05) is 0 Å². The molecule has 1 unspecified atom stereocenters. The number of aliphatic hydroxyl groups is 1. The van der Waals surface area contributed by atoms with Gasteiger partial charge in [0.2, 0.25) is 0 Å². The zero-order chi connectivity index (χ0) is 10.1. The first-order valence-corrected chi connectivity index (χ1v) is 5.56. The van der Waals surface area contributed by atoms with Crippen LogP contribution in [0.5, 0.6) is 0 Å². The average molecular weight is 208 g/mol. The molecule has 0 heterocycles. The molecule has 0 amide bonds. The zero-order valence-electron chi connectivity index (χ0n) is 7.73. The van der Waals surface area contributed by atoms with Gasteiger partial charge in [0.25, 0.3) is 0 Å². The SMILES string of the molecule is CSCCCC(OCCO)C(=O)O. The summed E-state index contributed by atoms with van der Waals surface area (Å²) >= 11 is 1.68. The van der Waals surface area contributed by atoms with Crippen LogP contribution in [0.3, 0.4) is 0 Å². The van der Waals surface area contributed by atoms with Crippen LogP contribution >= 0.6 is 11.8 Å². The van der Waals surface area contributed by atoms with E-state index in [2.05, 4.69) is 0 Å². The third-order valence-electron chi connectivity index (χ3n) is 1.50. The van der Waals surface area contributed by atoms with Gasteiger partial charge in [0.05, 0.1) is 13.2 Å². The van der Waals surface area contributed by atoms with Crippen LogP contribution in [0.4, 0.5) is 0 Å². The van der Waals surface area contributed by atoms with Crippen LogP contribution in [0.1, 0.15) is 12.8 Å². The number of carbonyl (C=O) groups is 1. The van der Waals surface area contributed by atoms with Gasteiger partial charge in [0, 0.05) is 0 Å². The quantitative estimate of drug-likeness (QED) is 0.571. The van der Waals surface area contributed by atoms with Crippen molar-refractivity contribution in [3.8, 4) is 0 Å². The lowest BCUT2D eigenvalue weighted by Gasteiger charge is -2.11. The van der Waals surface area contributed by atoms with Crippen molar-refractivity contribution in [3.05, 3.63) is 0 Å². The van der Waals surface area contributed by atoms with Gasteiger partial charge in [-0.05, 0) is 24.9 Å². The van der Waals surface area contributed by atoms with Crippen LogP contribution in [0.2, 0.25) is 0 Å². The molecule has 0 spiro atoms. The molecule has 13 heavy (non-hydrogen) atoms. The highest BCUT2D eigenvalue weighted by molar-refractivity contribution is 7.98. The fourth-order valence-corrected chi connectivity index (χ4v) is 1.34. The molecule has 0 aliphatic heterocycles. The number of carboxylic acids is 1. The fraction of sp³-hybridized carbons (Fsp3) is 0.875. The summed E-state index contributed by atoms with van der Waals surface area (Å²) in [5, 5.41) is 17.1. The molecule has 2 N–H and O–H groups in total. The van der Waals surface area contributed by atoms with E-state index in [9.17, 15) is 4.79 Å². The number of rotatable bonds is 8. The van der Waals surface area contributed by atoms with Crippen LogP contribution in [0, 0.1) is 0 Å². The van der Waals surface area contributed by atoms with Gasteiger partial charge in [-0.25, -0.2) is 4.79 Å². The Labute approximate surface area is 82.3 Å². The lowest BCUT2D eigenvalue weighted by Crippen LogP contribution is -2.25. The summed E-state index contributed by atoms with van der Waals surface area (Å²) in [7, 11) is 0. The topological polar surface area (TPSA) is 66.8 Å². The second-order valence-corrected chi connectivity index (χ2v) is 3.54. The second kappa shape index (κ2) is 8.34. The summed E-state index contributed by atoms with van der Waals surface area (Å²) in [6.45, 7) is -0.0391. The number of carboxylic acid groups (broad SMARTS) is 1. The van der Waals surface area contributed by atoms with Crippen molar-refractivity contribution >= 4 is 17.7 Å². The smallest absolute Gasteiger partial charge is 0.332 e. The van der Waals surface area contributed by atoms with Gasteiger partial charge in [-0.15, -0.1) is 0 Å². The van der Waals surface area contributed by atoms with Crippen molar-refractivity contribution in [2.24, 2.45) is 0 Å². The lowest BCUT2D eigenvalue weighted by atomic mass is 10.2. The first-order valence-electron chi connectivity index (χ1n) is 4.16. The minimum absolute atomic E-state index is 0.0935. The minimum atomic E-state index is -0.949. The van der Waals surface area contributed by atoms with E-state index in [1.165, 1.54) is 0 Å². The fourth-order valence-electron chi connectivity index (χ4n) is 0.886. The standard InChI is InChI=1S/C8H16O4S/c1-13-6-2-3-7(8(10)11)12-5-4-9/h7,9H,2-6H2,1H3,(H,10,11). The summed E-state index contributed by atoms with van der Waals surface area (Å²) < 4.78 is 4.94. The molecule has 0 aromatic rings. The minimum Gasteiger partial charge on any atom is -0.479 e. The van der Waals surface area contributed by atoms with E-state index in [0.29, 0.717) is 6.42 Å². The van der Waals surface area contributed by atoms with E-state index in [1.807, 2.05) is 6.26 Å². The number of hydrogen-bond donors (Lipinski definition) is 2. The summed E-state index contributed by atoms with van der Waals surface area (Å²) in [5.74, 6) is -0.0127. The van der Waals surface area contributed by atoms with Crippen LogP contribution in [0.25, 0.3) is 0 Å². The Morgan fingerprint density at radius 3 is 2.77 bits per heavy atom. The third kappa shape index (κ3) is 6.86. The first kappa shape index (κ1) is 12.7. The second-order valence-electron chi connectivity index (χ2n) is 2.56. The molecular weight excluding hydrogens is 192 g/mol. The third-order valence-corrected chi connectivity index (χ3v) is 2.20. The van der Waals surface area contributed by atoms with Gasteiger partial charge in [0.1, 0.15) is 0 Å². The number of aliphatic hydroxyl groups excluding tert-OH is 1. The molecule has 78 valence electrons. The molecule has 0 radical (unpaired) electrons. The summed E-state index contributed by atoms with van der Waals surface area (Å²) in [6, 6.07) is 0. The summed E-state index contributed by atoms with van der Waals surface area (Å²) in [5.41, 5.74) is 0. The number of ether oxygens (including phenoxy) is 1. The molecule has 0 aliphatic rings. The van der Waals surface area contributed by atoms with E-state index in [4.69, 9.17) is 14.9 Å². The highest BCUT2D eigenvalue weighted by Gasteiger charge is 2.16. The highest BCUT2D eigenvalue weighted by Crippen LogP contribution is 2.06. The van der Waals surface area contributed by atoms with E-state index in [0.717, 1.165) is 12.2 Å². The average Bonchev–Trinajstić information content (AvgIpc) is 2.10. The molecule has 0 saturated heterocycles. The van der Waals surface area contributed by atoms with Crippen LogP contribution in [-0.2, 0) is 9.53 Å². The Balaban J connectivity index is 3.61. The predicted octanol–water partition coefficient (Wildman–Crippen LogP) is 0.592. The number of thioether (sulfide) groups is 1. The van der Waals surface area contributed by atoms with Crippen LogP contribution in [0.15, 0.2) is 0 Å². The summed E-state index contributed by atoms with van der Waals surface area (Å²) in [4.78, 5) is 10.6. The largest absolute Gasteiger partial charge is 0.479 e. The van der Waals surface area contributed by atoms with E-state index < -0.39 is 12.1 Å². The van der Waals surface area contributed by atoms with Crippen molar-refractivity contribution in [1.82, 2.24) is 0 Å². The monoisotopic (exact) mass is 208 g/mol. The van der Waals surface area contributed by atoms with Gasteiger partial charge in [0.15, 0.2) is 6.10 Å². The number of aliphatic carboxylic acids is 1. The molecular formula is C8H16O4S. The van der Waals surface area contributed by atoms with Crippen LogP contribution < -0.4 is 0 Å². The Hall–Kier alpha value is -0.260. The molecule has 1 atom stereocenters. The molecule has 0 aromatic heterocycles. The lowest BCUT2D eigenvalue weighted by molar-refractivity contribution is -0.151. The van der Waals surface area contributed by atoms with Gasteiger partial charge in [-0.2, -0.15) is 11.8 Å². The Bertz CT molecular complexity index is 140. The molecule has 0 aliphatic carbocycles. The van der Waals surface area contributed by atoms with Gasteiger partial charge in [-0.3, -0.25) is 0 Å². The Morgan fingerprint density at radius 1 is 1.62 bits per heavy atom. The maximum atomic E-state index is 10.6. The van der Waals surface area contributed by atoms with E-state index in [1.54, 1.807) is 11.8 Å². The molecule has 0 aromatic carbocycles. The van der Waals surface area contributed by atoms with Crippen molar-refractivity contribution < 1.29 is 19.7 Å². The van der Waals surface area contributed by atoms with Gasteiger partial charge < -0.3 is 14.9 Å². The normalized spacial score (nSPS) is 12.8. The van der Waals surface area contributed by atoms with Crippen molar-refractivity contribution in [1.29, 1.82) is 0 Å². The molecule has 0 rings (SSSR count). The van der Waals surface area contributed by atoms with E-state index >= 15 is 0 Å². The van der Waals surface area contributed by atoms with Gasteiger partial charge >= 0.3 is 5.97 Å². The molecule has 0 fully saturated rings. The molecule has 0 saturated carbocycles. The van der Waals surface area contributed by atoms with Crippen molar-refractivity contribution in [3.63, 3.8) is 0 Å². The van der Waals surface area contributed by atoms with Crippen LogP contribution in [-0.4, -0.2) is 47.5 Å². The Morgan fingerprint density at radius 2 is 2.31 bits per heavy atom. The Kier molecular flexibility index (Phi) is 8.18. The van der Waals surface area contributed by atoms with Crippen molar-refractivity contribution in [2.75, 3.05) is 25.2 Å². The summed E-state index contributed by atoms with van der Waals surface area (Å²) in [6.07, 6.45) is 2.55. The van der Waals surface area contributed by atoms with E-state index in [-0.39, 0.29) is 13.2 Å².